The zero-order valence-electron chi connectivity index (χ0n) is 24.3. The largest absolute Gasteiger partial charge is 0.496 e. The number of fused-ring (bicyclic) bond motifs is 1. The van der Waals surface area contributed by atoms with Crippen LogP contribution in [0.3, 0.4) is 0 Å². The standard InChI is InChI=1S/C33H36N2O7/c1-21-28(40-2)18-25(19-29(21)41-3)30(36)32(38)35-20-24-15-9-8-14-23(24)17-27(35)31(37)34-26(33(39)42-4)16-10-13-22-11-6-5-7-12-22/h5-9,11-12,14-15,18-19,26-27H,10,13,16-17,20H2,1-4H3,(H,34,37)/t26?,27-/m0/s1. The third-order valence-corrected chi connectivity index (χ3v) is 7.62. The number of rotatable bonds is 11. The van der Waals surface area contributed by atoms with Crippen molar-refractivity contribution >= 4 is 23.6 Å². The highest BCUT2D eigenvalue weighted by Crippen LogP contribution is 2.31. The summed E-state index contributed by atoms with van der Waals surface area (Å²) in [6.45, 7) is 1.85. The number of ether oxygens (including phenoxy) is 3. The maximum atomic E-state index is 13.7. The van der Waals surface area contributed by atoms with Crippen LogP contribution in [0.15, 0.2) is 66.7 Å². The molecule has 9 nitrogen and oxygen atoms in total. The SMILES string of the molecule is COC(=O)C(CCCc1ccccc1)NC(=O)[C@@H]1Cc2ccccc2CN1C(=O)C(=O)c1cc(OC)c(C)c(OC)c1. The Bertz CT molecular complexity index is 1430. The first-order chi connectivity index (χ1) is 20.3. The van der Waals surface area contributed by atoms with Gasteiger partial charge >= 0.3 is 5.97 Å². The number of aryl methyl sites for hydroxylation is 1. The number of amides is 2. The molecule has 1 aliphatic heterocycles. The summed E-state index contributed by atoms with van der Waals surface area (Å²) in [4.78, 5) is 54.9. The van der Waals surface area contributed by atoms with Crippen LogP contribution >= 0.6 is 0 Å². The fraction of sp³-hybridized carbons (Fsp3) is 0.333. The van der Waals surface area contributed by atoms with Gasteiger partial charge in [0.2, 0.25) is 5.91 Å². The third kappa shape index (κ3) is 6.79. The normalized spacial score (nSPS) is 14.8. The van der Waals surface area contributed by atoms with Gasteiger partial charge in [-0.25, -0.2) is 4.79 Å². The minimum absolute atomic E-state index is 0.0653. The first-order valence-corrected chi connectivity index (χ1v) is 13.8. The van der Waals surface area contributed by atoms with E-state index in [2.05, 4.69) is 5.32 Å². The second-order valence-electron chi connectivity index (χ2n) is 10.2. The van der Waals surface area contributed by atoms with Crippen molar-refractivity contribution in [2.75, 3.05) is 21.3 Å². The Kier molecular flexibility index (Phi) is 9.96. The number of hydrogen-bond donors (Lipinski definition) is 1. The number of esters is 1. The zero-order chi connectivity index (χ0) is 30.2. The van der Waals surface area contributed by atoms with Crippen LogP contribution in [0.1, 0.15) is 45.5 Å². The van der Waals surface area contributed by atoms with E-state index >= 15 is 0 Å². The molecule has 0 aromatic heterocycles. The molecule has 4 rings (SSSR count). The summed E-state index contributed by atoms with van der Waals surface area (Å²) < 4.78 is 15.7. The second-order valence-corrected chi connectivity index (χ2v) is 10.2. The molecule has 0 bridgehead atoms. The highest BCUT2D eigenvalue weighted by molar-refractivity contribution is 6.43. The third-order valence-electron chi connectivity index (χ3n) is 7.62. The van der Waals surface area contributed by atoms with E-state index < -0.39 is 35.7 Å². The van der Waals surface area contributed by atoms with Crippen LogP contribution in [0.25, 0.3) is 0 Å². The summed E-state index contributed by atoms with van der Waals surface area (Å²) in [5, 5.41) is 2.80. The van der Waals surface area contributed by atoms with Gasteiger partial charge in [0.15, 0.2) is 0 Å². The molecule has 0 saturated heterocycles. The summed E-state index contributed by atoms with van der Waals surface area (Å²) in [6, 6.07) is 18.4. The van der Waals surface area contributed by atoms with Crippen molar-refractivity contribution in [2.45, 2.75) is 51.2 Å². The molecule has 1 aliphatic rings. The summed E-state index contributed by atoms with van der Waals surface area (Å²) in [5.74, 6) is -1.92. The van der Waals surface area contributed by atoms with Gasteiger partial charge in [-0.1, -0.05) is 54.6 Å². The molecule has 0 radical (unpaired) electrons. The predicted molar refractivity (Wildman–Crippen MR) is 156 cm³/mol. The molecule has 1 heterocycles. The fourth-order valence-electron chi connectivity index (χ4n) is 5.26. The summed E-state index contributed by atoms with van der Waals surface area (Å²) >= 11 is 0. The zero-order valence-corrected chi connectivity index (χ0v) is 24.3. The number of benzene rings is 3. The highest BCUT2D eigenvalue weighted by Gasteiger charge is 2.39. The van der Waals surface area contributed by atoms with E-state index in [-0.39, 0.29) is 18.5 Å². The van der Waals surface area contributed by atoms with Gasteiger partial charge in [-0.2, -0.15) is 0 Å². The molecular weight excluding hydrogens is 536 g/mol. The Morgan fingerprint density at radius 3 is 2.14 bits per heavy atom. The molecule has 0 spiro atoms. The topological polar surface area (TPSA) is 111 Å². The number of carbonyl (C=O) groups excluding carboxylic acids is 4. The van der Waals surface area contributed by atoms with Crippen LogP contribution in [0.2, 0.25) is 0 Å². The van der Waals surface area contributed by atoms with Crippen LogP contribution < -0.4 is 14.8 Å². The lowest BCUT2D eigenvalue weighted by atomic mass is 9.92. The fourth-order valence-corrected chi connectivity index (χ4v) is 5.26. The Labute approximate surface area is 245 Å². The van der Waals surface area contributed by atoms with Crippen molar-refractivity contribution < 1.29 is 33.4 Å². The van der Waals surface area contributed by atoms with Crippen LogP contribution in [0.4, 0.5) is 0 Å². The number of nitrogens with one attached hydrogen (secondary N) is 1. The Morgan fingerprint density at radius 2 is 1.52 bits per heavy atom. The van der Waals surface area contributed by atoms with Gasteiger partial charge in [0.25, 0.3) is 11.7 Å². The Morgan fingerprint density at radius 1 is 0.905 bits per heavy atom. The van der Waals surface area contributed by atoms with Crippen molar-refractivity contribution in [1.82, 2.24) is 10.2 Å². The first-order valence-electron chi connectivity index (χ1n) is 13.8. The van der Waals surface area contributed by atoms with E-state index in [1.165, 1.54) is 38.4 Å². The van der Waals surface area contributed by atoms with Gasteiger partial charge in [0, 0.05) is 24.1 Å². The highest BCUT2D eigenvalue weighted by atomic mass is 16.5. The molecule has 1 N–H and O–H groups in total. The molecule has 3 aromatic rings. The van der Waals surface area contributed by atoms with Crippen molar-refractivity contribution in [3.63, 3.8) is 0 Å². The number of hydrogen-bond acceptors (Lipinski definition) is 7. The van der Waals surface area contributed by atoms with E-state index in [0.717, 1.165) is 23.1 Å². The molecule has 2 atom stereocenters. The lowest BCUT2D eigenvalue weighted by Crippen LogP contribution is -2.56. The van der Waals surface area contributed by atoms with Gasteiger partial charge in [0.05, 0.1) is 21.3 Å². The van der Waals surface area contributed by atoms with E-state index in [0.29, 0.717) is 29.9 Å². The van der Waals surface area contributed by atoms with Gasteiger partial charge in [0.1, 0.15) is 23.6 Å². The number of nitrogens with zero attached hydrogens (tertiary/aromatic N) is 1. The number of methoxy groups -OCH3 is 3. The van der Waals surface area contributed by atoms with Gasteiger partial charge < -0.3 is 24.4 Å². The molecule has 1 unspecified atom stereocenters. The summed E-state index contributed by atoms with van der Waals surface area (Å²) in [6.07, 6.45) is 1.91. The lowest BCUT2D eigenvalue weighted by Gasteiger charge is -2.36. The quantitative estimate of drug-likeness (QED) is 0.211. The van der Waals surface area contributed by atoms with E-state index in [9.17, 15) is 19.2 Å². The smallest absolute Gasteiger partial charge is 0.328 e. The summed E-state index contributed by atoms with van der Waals surface area (Å²) in [5.41, 5.74) is 3.64. The second kappa shape index (κ2) is 13.8. The molecule has 2 amide bonds. The van der Waals surface area contributed by atoms with Crippen LogP contribution in [0.5, 0.6) is 11.5 Å². The number of ketones is 1. The van der Waals surface area contributed by atoms with E-state index in [4.69, 9.17) is 14.2 Å². The summed E-state index contributed by atoms with van der Waals surface area (Å²) in [7, 11) is 4.21. The van der Waals surface area contributed by atoms with E-state index in [1.54, 1.807) is 6.92 Å². The molecule has 42 heavy (non-hydrogen) atoms. The minimum atomic E-state index is -1.01. The van der Waals surface area contributed by atoms with Gasteiger partial charge in [-0.3, -0.25) is 14.4 Å². The molecule has 0 aliphatic carbocycles. The number of Topliss-reactive ketones (excluding diaryl/α,β-unsaturated/α-hetero) is 1. The molecule has 0 saturated carbocycles. The predicted octanol–water partition coefficient (Wildman–Crippen LogP) is 3.83. The molecule has 3 aromatic carbocycles. The first kappa shape index (κ1) is 30.3. The monoisotopic (exact) mass is 572 g/mol. The molecule has 9 heteroatoms. The van der Waals surface area contributed by atoms with Crippen LogP contribution in [-0.2, 0) is 38.5 Å². The van der Waals surface area contributed by atoms with Crippen LogP contribution in [0, 0.1) is 6.92 Å². The average molecular weight is 573 g/mol. The van der Waals surface area contributed by atoms with Crippen molar-refractivity contribution in [2.24, 2.45) is 0 Å². The minimum Gasteiger partial charge on any atom is -0.496 e. The Hall–Kier alpha value is -4.66. The van der Waals surface area contributed by atoms with Gasteiger partial charge in [-0.15, -0.1) is 0 Å². The lowest BCUT2D eigenvalue weighted by molar-refractivity contribution is -0.147. The average Bonchev–Trinajstić information content (AvgIpc) is 3.03. The van der Waals surface area contributed by atoms with Gasteiger partial charge in [-0.05, 0) is 55.0 Å². The maximum Gasteiger partial charge on any atom is 0.328 e. The van der Waals surface area contributed by atoms with E-state index in [1.807, 2.05) is 54.6 Å². The maximum absolute atomic E-state index is 13.7. The number of carbonyl (C=O) groups is 4. The Balaban J connectivity index is 1.58. The van der Waals surface area contributed by atoms with Crippen molar-refractivity contribution in [3.8, 4) is 11.5 Å². The van der Waals surface area contributed by atoms with Crippen molar-refractivity contribution in [1.29, 1.82) is 0 Å². The van der Waals surface area contributed by atoms with Crippen LogP contribution in [-0.4, -0.2) is 61.9 Å². The molecule has 220 valence electrons. The molecule has 0 fully saturated rings. The molecular formula is C33H36N2O7. The van der Waals surface area contributed by atoms with Crippen molar-refractivity contribution in [3.05, 3.63) is 94.5 Å².